The molecule has 0 radical (unpaired) electrons. The van der Waals surface area contributed by atoms with Crippen molar-refractivity contribution in [3.05, 3.63) is 65.7 Å². The minimum absolute atomic E-state index is 0.146. The summed E-state index contributed by atoms with van der Waals surface area (Å²) in [5, 5.41) is 7.32. The first-order chi connectivity index (χ1) is 16.0. The summed E-state index contributed by atoms with van der Waals surface area (Å²) in [5.74, 6) is 2.29. The van der Waals surface area contributed by atoms with Gasteiger partial charge in [-0.1, -0.05) is 30.6 Å². The third-order valence-corrected chi connectivity index (χ3v) is 5.76. The molecule has 0 fully saturated rings. The number of urea groups is 1. The van der Waals surface area contributed by atoms with Crippen LogP contribution in [0.2, 0.25) is 0 Å². The zero-order valence-corrected chi connectivity index (χ0v) is 19.3. The normalized spacial score (nSPS) is 16.1. The molecule has 2 amide bonds. The van der Waals surface area contributed by atoms with Crippen LogP contribution in [0.5, 0.6) is 11.5 Å². The van der Waals surface area contributed by atoms with Crippen LogP contribution >= 0.6 is 0 Å². The van der Waals surface area contributed by atoms with Gasteiger partial charge < -0.3 is 19.3 Å². The minimum Gasteiger partial charge on any atom is -0.497 e. The molecule has 3 aromatic rings. The Bertz CT molecular complexity index is 1150. The van der Waals surface area contributed by atoms with Crippen LogP contribution < -0.4 is 14.8 Å². The molecule has 1 aliphatic heterocycles. The third-order valence-electron chi connectivity index (χ3n) is 5.76. The number of aromatic nitrogens is 2. The number of unbranched alkanes of at least 4 members (excludes halogenated alkanes) is 1. The summed E-state index contributed by atoms with van der Waals surface area (Å²) in [6, 6.07) is 14.5. The summed E-state index contributed by atoms with van der Waals surface area (Å²) in [6.07, 6.45) is 1.87. The summed E-state index contributed by atoms with van der Waals surface area (Å²) >= 11 is 0. The van der Waals surface area contributed by atoms with Crippen LogP contribution in [0.4, 0.5) is 4.79 Å². The van der Waals surface area contributed by atoms with Crippen LogP contribution in [0.3, 0.4) is 0 Å². The maximum atomic E-state index is 13.0. The summed E-state index contributed by atoms with van der Waals surface area (Å²) in [6.45, 7) is 4.64. The Kier molecular flexibility index (Phi) is 6.63. The van der Waals surface area contributed by atoms with Gasteiger partial charge in [0, 0.05) is 17.8 Å². The number of allylic oxidation sites excluding steroid dienone is 1. The van der Waals surface area contributed by atoms with E-state index in [1.807, 2.05) is 55.5 Å². The van der Waals surface area contributed by atoms with E-state index in [4.69, 9.17) is 14.0 Å². The van der Waals surface area contributed by atoms with Crippen LogP contribution in [-0.2, 0) is 0 Å². The molecule has 0 saturated heterocycles. The summed E-state index contributed by atoms with van der Waals surface area (Å²) < 4.78 is 16.3. The number of carbonyl (C=O) groups excluding carboxylic acids is 1. The number of hydrogen-bond donors (Lipinski definition) is 1. The fourth-order valence-corrected chi connectivity index (χ4v) is 3.91. The van der Waals surface area contributed by atoms with Crippen LogP contribution in [0.25, 0.3) is 17.0 Å². The Morgan fingerprint density at radius 2 is 1.85 bits per heavy atom. The van der Waals surface area contributed by atoms with Gasteiger partial charge >= 0.3 is 6.03 Å². The van der Waals surface area contributed by atoms with E-state index >= 15 is 0 Å². The van der Waals surface area contributed by atoms with E-state index in [1.165, 1.54) is 0 Å². The Morgan fingerprint density at radius 3 is 2.55 bits per heavy atom. The molecular weight excluding hydrogens is 420 g/mol. The summed E-state index contributed by atoms with van der Waals surface area (Å²) in [7, 11) is 3.24. The van der Waals surface area contributed by atoms with Crippen molar-refractivity contribution in [1.82, 2.24) is 20.4 Å². The van der Waals surface area contributed by atoms with E-state index in [0.717, 1.165) is 41.0 Å². The van der Waals surface area contributed by atoms with Crippen molar-refractivity contribution in [3.63, 3.8) is 0 Å². The number of rotatable bonds is 8. The lowest BCUT2D eigenvalue weighted by Gasteiger charge is -2.35. The highest BCUT2D eigenvalue weighted by Gasteiger charge is 2.35. The number of benzene rings is 2. The Morgan fingerprint density at radius 1 is 1.09 bits per heavy atom. The van der Waals surface area contributed by atoms with Gasteiger partial charge in [-0.15, -0.1) is 0 Å². The molecule has 4 rings (SSSR count). The summed E-state index contributed by atoms with van der Waals surface area (Å²) in [5.41, 5.74) is 3.25. The second-order valence-corrected chi connectivity index (χ2v) is 7.82. The molecule has 172 valence electrons. The highest BCUT2D eigenvalue weighted by molar-refractivity contribution is 5.87. The molecule has 1 aliphatic rings. The van der Waals surface area contributed by atoms with Crippen molar-refractivity contribution < 1.29 is 18.8 Å². The predicted octanol–water partition coefficient (Wildman–Crippen LogP) is 5.05. The highest BCUT2D eigenvalue weighted by atomic mass is 16.5. The van der Waals surface area contributed by atoms with E-state index in [1.54, 1.807) is 19.1 Å². The predicted molar refractivity (Wildman–Crippen MR) is 125 cm³/mol. The van der Waals surface area contributed by atoms with Gasteiger partial charge in [-0.3, -0.25) is 4.90 Å². The molecule has 1 unspecified atom stereocenters. The zero-order valence-electron chi connectivity index (χ0n) is 19.3. The zero-order chi connectivity index (χ0) is 23.4. The third kappa shape index (κ3) is 4.55. The maximum absolute atomic E-state index is 13.0. The number of methoxy groups -OCH3 is 2. The van der Waals surface area contributed by atoms with E-state index in [9.17, 15) is 4.79 Å². The number of nitrogens with one attached hydrogen (secondary N) is 1. The molecule has 2 heterocycles. The lowest BCUT2D eigenvalue weighted by Crippen LogP contribution is -2.46. The lowest BCUT2D eigenvalue weighted by molar-refractivity contribution is 0.204. The molecule has 8 nitrogen and oxygen atoms in total. The molecule has 1 atom stereocenters. The molecule has 1 N–H and O–H groups in total. The molecule has 0 aliphatic carbocycles. The molecule has 0 bridgehead atoms. The smallest absolute Gasteiger partial charge is 0.322 e. The Labute approximate surface area is 193 Å². The Hall–Kier alpha value is -3.81. The van der Waals surface area contributed by atoms with Crippen LogP contribution in [0.1, 0.15) is 44.2 Å². The molecule has 0 saturated carbocycles. The van der Waals surface area contributed by atoms with Crippen molar-refractivity contribution in [1.29, 1.82) is 0 Å². The average Bonchev–Trinajstić information content (AvgIpc) is 3.33. The first-order valence-electron chi connectivity index (χ1n) is 11.0. The van der Waals surface area contributed by atoms with Crippen molar-refractivity contribution in [2.24, 2.45) is 0 Å². The lowest BCUT2D eigenvalue weighted by atomic mass is 9.94. The fraction of sp³-hybridized carbons (Fsp3) is 0.320. The summed E-state index contributed by atoms with van der Waals surface area (Å²) in [4.78, 5) is 19.4. The van der Waals surface area contributed by atoms with E-state index in [0.29, 0.717) is 24.0 Å². The second-order valence-electron chi connectivity index (χ2n) is 7.82. The van der Waals surface area contributed by atoms with Gasteiger partial charge in [-0.2, -0.15) is 4.98 Å². The first-order valence-corrected chi connectivity index (χ1v) is 11.0. The van der Waals surface area contributed by atoms with Crippen molar-refractivity contribution in [3.8, 4) is 22.9 Å². The Balaban J connectivity index is 1.78. The molecule has 33 heavy (non-hydrogen) atoms. The van der Waals surface area contributed by atoms with Gasteiger partial charge in [0.15, 0.2) is 0 Å². The quantitative estimate of drug-likeness (QED) is 0.519. The van der Waals surface area contributed by atoms with E-state index < -0.39 is 6.04 Å². The van der Waals surface area contributed by atoms with Crippen LogP contribution in [-0.4, -0.2) is 41.8 Å². The molecule has 1 aromatic heterocycles. The van der Waals surface area contributed by atoms with Crippen molar-refractivity contribution >= 4 is 11.6 Å². The molecule has 2 aromatic carbocycles. The number of hydrogen-bond acceptors (Lipinski definition) is 6. The fourth-order valence-electron chi connectivity index (χ4n) is 3.91. The van der Waals surface area contributed by atoms with E-state index in [-0.39, 0.29) is 6.03 Å². The highest BCUT2D eigenvalue weighted by Crippen LogP contribution is 2.38. The van der Waals surface area contributed by atoms with Gasteiger partial charge in [0.1, 0.15) is 11.5 Å². The van der Waals surface area contributed by atoms with Gasteiger partial charge in [-0.25, -0.2) is 4.79 Å². The SMILES string of the molecule is CCCCN1C(=O)NC(c2cccc(OC)c2)C(c2nc(-c3ccc(OC)cc3)no2)=C1C. The van der Waals surface area contributed by atoms with Gasteiger partial charge in [-0.05, 0) is 55.3 Å². The largest absolute Gasteiger partial charge is 0.497 e. The standard InChI is InChI=1S/C25H28N4O4/c1-5-6-14-29-16(2)21(22(26-25(29)30)18-8-7-9-20(15-18)32-4)24-27-23(28-33-24)17-10-12-19(31-3)13-11-17/h7-13,15,22H,5-6,14H2,1-4H3,(H,26,30). The van der Waals surface area contributed by atoms with Gasteiger partial charge in [0.05, 0.1) is 25.8 Å². The molecule has 8 heteroatoms. The number of nitrogens with zero attached hydrogens (tertiary/aromatic N) is 3. The van der Waals surface area contributed by atoms with Crippen LogP contribution in [0.15, 0.2) is 58.8 Å². The van der Waals surface area contributed by atoms with E-state index in [2.05, 4.69) is 22.4 Å². The van der Waals surface area contributed by atoms with Crippen molar-refractivity contribution in [2.75, 3.05) is 20.8 Å². The maximum Gasteiger partial charge on any atom is 0.322 e. The average molecular weight is 449 g/mol. The first kappa shape index (κ1) is 22.4. The van der Waals surface area contributed by atoms with Crippen molar-refractivity contribution in [2.45, 2.75) is 32.7 Å². The van der Waals surface area contributed by atoms with Gasteiger partial charge in [0.25, 0.3) is 5.89 Å². The topological polar surface area (TPSA) is 89.7 Å². The second kappa shape index (κ2) is 9.77. The van der Waals surface area contributed by atoms with Gasteiger partial charge in [0.2, 0.25) is 5.82 Å². The monoisotopic (exact) mass is 448 g/mol. The minimum atomic E-state index is -0.449. The molecular formula is C25H28N4O4. The number of amides is 2. The number of ether oxygens (including phenoxy) is 2. The number of carbonyl (C=O) groups is 1. The van der Waals surface area contributed by atoms with Crippen LogP contribution in [0, 0.1) is 0 Å². The molecule has 0 spiro atoms.